The minimum absolute atomic E-state index is 0.676. The van der Waals surface area contributed by atoms with Crippen molar-refractivity contribution in [2.24, 2.45) is 0 Å². The van der Waals surface area contributed by atoms with Crippen molar-refractivity contribution in [3.8, 4) is 0 Å². The fraction of sp³-hybridized carbons (Fsp3) is 0.333. The molecule has 13 heavy (non-hydrogen) atoms. The van der Waals surface area contributed by atoms with Crippen molar-refractivity contribution in [3.05, 3.63) is 18.7 Å². The Kier molecular flexibility index (Phi) is 4.57. The maximum Gasteiger partial charge on any atom is 0.490 e. The molecule has 0 fully saturated rings. The van der Waals surface area contributed by atoms with Crippen LogP contribution in [0.2, 0.25) is 0 Å². The van der Waals surface area contributed by atoms with Crippen LogP contribution in [0.3, 0.4) is 0 Å². The average molecular weight is 196 g/mol. The molecule has 74 valence electrons. The predicted octanol–water partition coefficient (Wildman–Crippen LogP) is 1.13. The molecular weight excluding hydrogens is 189 g/mol. The summed E-state index contributed by atoms with van der Waals surface area (Å²) in [6, 6.07) is 0. The first-order chi connectivity index (χ1) is 5.98. The van der Waals surface area contributed by atoms with E-state index in [9.17, 15) is 18.0 Å². The van der Waals surface area contributed by atoms with Gasteiger partial charge >= 0.3 is 12.1 Å². The van der Waals surface area contributed by atoms with Gasteiger partial charge in [0.1, 0.15) is 0 Å². The molecule has 7 heteroatoms. The number of esters is 1. The number of nitrogens with one attached hydrogen (secondary N) is 1. The molecule has 0 radical (unpaired) electrons. The highest BCUT2D eigenvalue weighted by molar-refractivity contribution is 5.75. The summed E-state index contributed by atoms with van der Waals surface area (Å²) in [5.74, 6) is -2.17. The summed E-state index contributed by atoms with van der Waals surface area (Å²) in [6.45, 7) is 0. The van der Waals surface area contributed by atoms with Gasteiger partial charge in [-0.3, -0.25) is 0 Å². The van der Waals surface area contributed by atoms with E-state index in [1.54, 1.807) is 18.7 Å². The molecule has 0 amide bonds. The molecule has 0 aromatic carbocycles. The van der Waals surface area contributed by atoms with Gasteiger partial charge in [-0.15, -0.1) is 0 Å². The molecule has 0 bridgehead atoms. The highest BCUT2D eigenvalue weighted by Gasteiger charge is 2.39. The van der Waals surface area contributed by atoms with E-state index < -0.39 is 12.1 Å². The van der Waals surface area contributed by atoms with Crippen molar-refractivity contribution in [2.45, 2.75) is 6.18 Å². The zero-order valence-electron chi connectivity index (χ0n) is 6.63. The lowest BCUT2D eigenvalue weighted by Crippen LogP contribution is -2.23. The highest BCUT2D eigenvalue weighted by atomic mass is 19.4. The largest absolute Gasteiger partial charge is 0.490 e. The Morgan fingerprint density at radius 3 is 2.23 bits per heavy atom. The molecule has 1 rings (SSSR count). The standard InChI is InChI=1S/C3H3F3O2.C3H4N2/c1-8-2(7)3(4,5)6;1-2-5-3-4-1/h1H3;1-3H,(H,4,5). The normalized spacial score (nSPS) is 9.85. The summed E-state index contributed by atoms with van der Waals surface area (Å²) in [5, 5.41) is 0. The first kappa shape index (κ1) is 11.5. The maximum atomic E-state index is 11.0. The number of imidazole rings is 1. The van der Waals surface area contributed by atoms with E-state index in [1.807, 2.05) is 0 Å². The Labute approximate surface area is 71.7 Å². The number of rotatable bonds is 0. The molecule has 0 aliphatic carbocycles. The van der Waals surface area contributed by atoms with Crippen LogP contribution in [0.15, 0.2) is 18.7 Å². The number of halogens is 3. The fourth-order valence-electron chi connectivity index (χ4n) is 0.331. The van der Waals surface area contributed by atoms with Crippen LogP contribution in [0.1, 0.15) is 0 Å². The number of hydrogen-bond donors (Lipinski definition) is 1. The fourth-order valence-corrected chi connectivity index (χ4v) is 0.331. The number of carbonyl (C=O) groups excluding carboxylic acids is 1. The molecule has 0 aliphatic rings. The summed E-state index contributed by atoms with van der Waals surface area (Å²) in [6.07, 6.45) is 0.231. The molecule has 1 aromatic heterocycles. The number of H-pyrrole nitrogens is 1. The first-order valence-corrected chi connectivity index (χ1v) is 3.06. The molecule has 1 aromatic rings. The molecule has 0 atom stereocenters. The lowest BCUT2D eigenvalue weighted by Gasteiger charge is -1.99. The van der Waals surface area contributed by atoms with Gasteiger partial charge in [0.15, 0.2) is 0 Å². The smallest absolute Gasteiger partial charge is 0.462 e. The van der Waals surface area contributed by atoms with Gasteiger partial charge in [0.2, 0.25) is 0 Å². The van der Waals surface area contributed by atoms with Crippen LogP contribution < -0.4 is 0 Å². The number of carbonyl (C=O) groups is 1. The van der Waals surface area contributed by atoms with Gasteiger partial charge in [-0.1, -0.05) is 0 Å². The number of hydrogen-bond acceptors (Lipinski definition) is 3. The Morgan fingerprint density at radius 2 is 2.15 bits per heavy atom. The third kappa shape index (κ3) is 5.71. The van der Waals surface area contributed by atoms with Crippen molar-refractivity contribution in [1.82, 2.24) is 9.97 Å². The lowest BCUT2D eigenvalue weighted by molar-refractivity contribution is -0.196. The van der Waals surface area contributed by atoms with Crippen LogP contribution in [0.25, 0.3) is 0 Å². The summed E-state index contributed by atoms with van der Waals surface area (Å²) < 4.78 is 36.3. The van der Waals surface area contributed by atoms with Crippen LogP contribution in [0.4, 0.5) is 13.2 Å². The van der Waals surface area contributed by atoms with E-state index in [0.717, 1.165) is 0 Å². The van der Waals surface area contributed by atoms with Crippen LogP contribution in [-0.4, -0.2) is 29.2 Å². The summed E-state index contributed by atoms with van der Waals surface area (Å²) >= 11 is 0. The zero-order valence-corrected chi connectivity index (χ0v) is 6.63. The minimum atomic E-state index is -4.85. The highest BCUT2D eigenvalue weighted by Crippen LogP contribution is 2.15. The molecule has 0 saturated carbocycles. The molecule has 4 nitrogen and oxygen atoms in total. The van der Waals surface area contributed by atoms with Gasteiger partial charge in [0, 0.05) is 12.4 Å². The SMILES string of the molecule is COC(=O)C(F)(F)F.c1c[nH]cn1. The lowest BCUT2D eigenvalue weighted by atomic mass is 10.7. The van der Waals surface area contributed by atoms with Crippen molar-refractivity contribution in [2.75, 3.05) is 7.11 Å². The van der Waals surface area contributed by atoms with E-state index in [2.05, 4.69) is 14.7 Å². The number of aromatic amines is 1. The second-order valence-electron chi connectivity index (χ2n) is 1.75. The van der Waals surface area contributed by atoms with Gasteiger partial charge in [-0.05, 0) is 0 Å². The van der Waals surface area contributed by atoms with Crippen molar-refractivity contribution in [3.63, 3.8) is 0 Å². The van der Waals surface area contributed by atoms with Crippen molar-refractivity contribution >= 4 is 5.97 Å². The number of alkyl halides is 3. The van der Waals surface area contributed by atoms with Crippen LogP contribution >= 0.6 is 0 Å². The second kappa shape index (κ2) is 5.18. The van der Waals surface area contributed by atoms with E-state index in [0.29, 0.717) is 7.11 Å². The molecular formula is C6H7F3N2O2. The Hall–Kier alpha value is -1.53. The maximum absolute atomic E-state index is 11.0. The molecule has 1 heterocycles. The van der Waals surface area contributed by atoms with Crippen LogP contribution in [0, 0.1) is 0 Å². The third-order valence-corrected chi connectivity index (χ3v) is 0.823. The number of aromatic nitrogens is 2. The zero-order chi connectivity index (χ0) is 10.3. The van der Waals surface area contributed by atoms with E-state index in [1.165, 1.54) is 0 Å². The van der Waals surface area contributed by atoms with Gasteiger partial charge in [0.05, 0.1) is 13.4 Å². The molecule has 1 N–H and O–H groups in total. The van der Waals surface area contributed by atoms with Crippen LogP contribution in [-0.2, 0) is 9.53 Å². The van der Waals surface area contributed by atoms with Gasteiger partial charge in [0.25, 0.3) is 0 Å². The Morgan fingerprint density at radius 1 is 1.54 bits per heavy atom. The molecule has 0 unspecified atom stereocenters. The second-order valence-corrected chi connectivity index (χ2v) is 1.75. The quantitative estimate of drug-likeness (QED) is 0.633. The van der Waals surface area contributed by atoms with E-state index in [-0.39, 0.29) is 0 Å². The number of ether oxygens (including phenoxy) is 1. The monoisotopic (exact) mass is 196 g/mol. The Bertz CT molecular complexity index is 215. The first-order valence-electron chi connectivity index (χ1n) is 3.06. The third-order valence-electron chi connectivity index (χ3n) is 0.823. The molecule has 0 saturated heterocycles. The van der Waals surface area contributed by atoms with Crippen LogP contribution in [0.5, 0.6) is 0 Å². The van der Waals surface area contributed by atoms with Gasteiger partial charge in [-0.25, -0.2) is 9.78 Å². The van der Waals surface area contributed by atoms with Crippen molar-refractivity contribution < 1.29 is 22.7 Å². The minimum Gasteiger partial charge on any atom is -0.462 e. The number of methoxy groups -OCH3 is 1. The molecule has 0 aliphatic heterocycles. The summed E-state index contributed by atoms with van der Waals surface area (Å²) in [4.78, 5) is 15.9. The van der Waals surface area contributed by atoms with E-state index in [4.69, 9.17) is 0 Å². The van der Waals surface area contributed by atoms with Gasteiger partial charge < -0.3 is 9.72 Å². The molecule has 0 spiro atoms. The van der Waals surface area contributed by atoms with Crippen molar-refractivity contribution in [1.29, 1.82) is 0 Å². The van der Waals surface area contributed by atoms with E-state index >= 15 is 0 Å². The predicted molar refractivity (Wildman–Crippen MR) is 36.7 cm³/mol. The van der Waals surface area contributed by atoms with Gasteiger partial charge in [-0.2, -0.15) is 13.2 Å². The number of nitrogens with zero attached hydrogens (tertiary/aromatic N) is 1. The Balaban J connectivity index is 0.000000243. The average Bonchev–Trinajstić information content (AvgIpc) is 2.58. The summed E-state index contributed by atoms with van der Waals surface area (Å²) in [5.41, 5.74) is 0. The summed E-state index contributed by atoms with van der Waals surface area (Å²) in [7, 11) is 0.676. The topological polar surface area (TPSA) is 55.0 Å².